The lowest BCUT2D eigenvalue weighted by Crippen LogP contribution is -2.14. The Morgan fingerprint density at radius 2 is 1.77 bits per heavy atom. The van der Waals surface area contributed by atoms with Gasteiger partial charge in [-0.3, -0.25) is 4.57 Å². The Balaban J connectivity index is 2.10. The fourth-order valence-corrected chi connectivity index (χ4v) is 2.89. The molecule has 0 unspecified atom stereocenters. The van der Waals surface area contributed by atoms with Gasteiger partial charge in [-0.05, 0) is 12.1 Å². The summed E-state index contributed by atoms with van der Waals surface area (Å²) < 4.78 is 11.8. The summed E-state index contributed by atoms with van der Waals surface area (Å²) >= 11 is 0. The van der Waals surface area contributed by atoms with Gasteiger partial charge >= 0.3 is 7.59 Å². The minimum atomic E-state index is -2.54. The second-order valence-corrected chi connectivity index (χ2v) is 4.98. The molecule has 4 nitrogen and oxygen atoms in total. The van der Waals surface area contributed by atoms with Gasteiger partial charge in [0, 0.05) is 18.8 Å². The number of benzene rings is 1. The van der Waals surface area contributed by atoms with E-state index in [-0.39, 0.29) is 0 Å². The zero-order valence-corrected chi connectivity index (χ0v) is 8.05. The summed E-state index contributed by atoms with van der Waals surface area (Å²) in [6.07, 6.45) is 0. The molecular weight excluding hydrogens is 185 g/mol. The highest BCUT2D eigenvalue weighted by atomic mass is 31.2. The molecule has 1 aromatic rings. The zero-order valence-electron chi connectivity index (χ0n) is 7.16. The Kier molecular flexibility index (Phi) is 2.36. The zero-order chi connectivity index (χ0) is 9.15. The van der Waals surface area contributed by atoms with Gasteiger partial charge in [-0.1, -0.05) is 18.2 Å². The number of rotatable bonds is 2. The van der Waals surface area contributed by atoms with E-state index in [1.165, 1.54) is 0 Å². The molecule has 1 fully saturated rings. The first-order chi connectivity index (χ1) is 6.29. The summed E-state index contributed by atoms with van der Waals surface area (Å²) in [6, 6.07) is 9.52. The van der Waals surface area contributed by atoms with Crippen molar-refractivity contribution >= 4 is 13.3 Å². The lowest BCUT2D eigenvalue weighted by atomic mass is 10.3. The lowest BCUT2D eigenvalue weighted by molar-refractivity contribution is 0.571. The maximum absolute atomic E-state index is 11.8. The number of para-hydroxylation sites is 1. The monoisotopic (exact) mass is 197 g/mol. The van der Waals surface area contributed by atoms with Crippen LogP contribution in [0.4, 0.5) is 5.69 Å². The summed E-state index contributed by atoms with van der Waals surface area (Å²) in [7, 11) is -2.54. The molecule has 13 heavy (non-hydrogen) atoms. The fourth-order valence-electron chi connectivity index (χ4n) is 1.26. The van der Waals surface area contributed by atoms with Crippen LogP contribution in [0.2, 0.25) is 0 Å². The normalized spacial score (nSPS) is 20.0. The van der Waals surface area contributed by atoms with Crippen LogP contribution in [0.5, 0.6) is 0 Å². The van der Waals surface area contributed by atoms with Gasteiger partial charge in [0.15, 0.2) is 0 Å². The molecule has 0 radical (unpaired) electrons. The standard InChI is InChI=1S/C8H12N3OP/c12-13(9-6-7-10-13)11-8-4-2-1-3-5-8/h1-5H,6-7H2,(H3,9,10,11,12). The summed E-state index contributed by atoms with van der Waals surface area (Å²) in [5.41, 5.74) is 0.868. The van der Waals surface area contributed by atoms with Crippen LogP contribution in [0.15, 0.2) is 30.3 Å². The van der Waals surface area contributed by atoms with Crippen molar-refractivity contribution in [1.29, 1.82) is 0 Å². The molecule has 0 bridgehead atoms. The molecule has 1 aromatic carbocycles. The van der Waals surface area contributed by atoms with Crippen LogP contribution in [0.25, 0.3) is 0 Å². The van der Waals surface area contributed by atoms with Gasteiger partial charge in [0.25, 0.3) is 0 Å². The smallest absolute Gasteiger partial charge is 0.303 e. The van der Waals surface area contributed by atoms with Gasteiger partial charge in [0.05, 0.1) is 0 Å². The third-order valence-corrected chi connectivity index (χ3v) is 3.77. The number of nitrogens with one attached hydrogen (secondary N) is 3. The summed E-state index contributed by atoms with van der Waals surface area (Å²) in [6.45, 7) is 1.49. The maximum atomic E-state index is 11.8. The van der Waals surface area contributed by atoms with Gasteiger partial charge < -0.3 is 5.09 Å². The topological polar surface area (TPSA) is 53.2 Å². The predicted octanol–water partition coefficient (Wildman–Crippen LogP) is 1.40. The molecule has 1 heterocycles. The molecule has 0 aliphatic carbocycles. The molecule has 0 aromatic heterocycles. The Hall–Kier alpha value is -0.830. The summed E-state index contributed by atoms with van der Waals surface area (Å²) in [5, 5.41) is 8.78. The van der Waals surface area contributed by atoms with Crippen LogP contribution in [0.1, 0.15) is 0 Å². The first kappa shape index (κ1) is 8.75. The average molecular weight is 197 g/mol. The van der Waals surface area contributed by atoms with Crippen LogP contribution >= 0.6 is 7.59 Å². The van der Waals surface area contributed by atoms with E-state index in [1.807, 2.05) is 30.3 Å². The van der Waals surface area contributed by atoms with E-state index < -0.39 is 7.59 Å². The van der Waals surface area contributed by atoms with Gasteiger partial charge in [-0.15, -0.1) is 0 Å². The van der Waals surface area contributed by atoms with Crippen molar-refractivity contribution in [2.75, 3.05) is 18.2 Å². The highest BCUT2D eigenvalue weighted by molar-refractivity contribution is 7.61. The van der Waals surface area contributed by atoms with Crippen LogP contribution in [-0.2, 0) is 4.57 Å². The quantitative estimate of drug-likeness (QED) is 0.627. The average Bonchev–Trinajstić information content (AvgIpc) is 2.54. The Morgan fingerprint density at radius 3 is 2.38 bits per heavy atom. The Labute approximate surface area is 77.3 Å². The molecule has 0 saturated carbocycles. The number of anilines is 1. The third kappa shape index (κ3) is 2.10. The van der Waals surface area contributed by atoms with Gasteiger partial charge in [-0.2, -0.15) is 0 Å². The maximum Gasteiger partial charge on any atom is 0.303 e. The van der Waals surface area contributed by atoms with E-state index >= 15 is 0 Å². The van der Waals surface area contributed by atoms with Crippen molar-refractivity contribution in [1.82, 2.24) is 10.2 Å². The molecular formula is C8H12N3OP. The van der Waals surface area contributed by atoms with Crippen molar-refractivity contribution in [2.24, 2.45) is 0 Å². The van der Waals surface area contributed by atoms with Gasteiger partial charge in [0.1, 0.15) is 0 Å². The third-order valence-electron chi connectivity index (χ3n) is 1.85. The second-order valence-electron chi connectivity index (χ2n) is 2.90. The van der Waals surface area contributed by atoms with Crippen molar-refractivity contribution in [3.05, 3.63) is 30.3 Å². The van der Waals surface area contributed by atoms with E-state index in [4.69, 9.17) is 0 Å². The molecule has 1 saturated heterocycles. The second kappa shape index (κ2) is 3.50. The highest BCUT2D eigenvalue weighted by Gasteiger charge is 2.25. The first-order valence-corrected chi connectivity index (χ1v) is 5.93. The van der Waals surface area contributed by atoms with Crippen molar-refractivity contribution in [2.45, 2.75) is 0 Å². The minimum Gasteiger partial charge on any atom is -0.313 e. The first-order valence-electron chi connectivity index (χ1n) is 4.22. The van der Waals surface area contributed by atoms with Crippen LogP contribution in [-0.4, -0.2) is 13.1 Å². The fraction of sp³-hybridized carbons (Fsp3) is 0.250. The van der Waals surface area contributed by atoms with Crippen molar-refractivity contribution in [3.63, 3.8) is 0 Å². The van der Waals surface area contributed by atoms with E-state index in [9.17, 15) is 4.57 Å². The summed E-state index contributed by atoms with van der Waals surface area (Å²) in [4.78, 5) is 0. The highest BCUT2D eigenvalue weighted by Crippen LogP contribution is 2.38. The lowest BCUT2D eigenvalue weighted by Gasteiger charge is -2.14. The molecule has 1 aliphatic heterocycles. The largest absolute Gasteiger partial charge is 0.313 e. The number of hydrogen-bond acceptors (Lipinski definition) is 1. The Bertz CT molecular complexity index is 317. The van der Waals surface area contributed by atoms with Crippen LogP contribution < -0.4 is 15.3 Å². The van der Waals surface area contributed by atoms with E-state index in [0.29, 0.717) is 0 Å². The minimum absolute atomic E-state index is 0.747. The molecule has 1 aliphatic rings. The molecule has 2 rings (SSSR count). The van der Waals surface area contributed by atoms with Crippen LogP contribution in [0, 0.1) is 0 Å². The molecule has 0 amide bonds. The van der Waals surface area contributed by atoms with Crippen LogP contribution in [0.3, 0.4) is 0 Å². The van der Waals surface area contributed by atoms with Gasteiger partial charge in [0.2, 0.25) is 0 Å². The molecule has 0 atom stereocenters. The molecule has 70 valence electrons. The van der Waals surface area contributed by atoms with E-state index in [2.05, 4.69) is 15.3 Å². The SMILES string of the molecule is O=P1(Nc2ccccc2)NCCN1. The van der Waals surface area contributed by atoms with E-state index in [0.717, 1.165) is 18.8 Å². The summed E-state index contributed by atoms with van der Waals surface area (Å²) in [5.74, 6) is 0. The molecule has 3 N–H and O–H groups in total. The number of hydrogen-bond donors (Lipinski definition) is 3. The predicted molar refractivity (Wildman–Crippen MR) is 53.7 cm³/mol. The van der Waals surface area contributed by atoms with E-state index in [1.54, 1.807) is 0 Å². The van der Waals surface area contributed by atoms with Crippen molar-refractivity contribution < 1.29 is 4.57 Å². The van der Waals surface area contributed by atoms with Gasteiger partial charge in [-0.25, -0.2) is 10.2 Å². The van der Waals surface area contributed by atoms with Crippen molar-refractivity contribution in [3.8, 4) is 0 Å². The molecule has 5 heteroatoms. The molecule has 0 spiro atoms. The Morgan fingerprint density at radius 1 is 1.15 bits per heavy atom.